The van der Waals surface area contributed by atoms with E-state index in [1.165, 1.54) is 22.9 Å². The second kappa shape index (κ2) is 11.4. The monoisotopic (exact) mass is 484 g/mol. The van der Waals surface area contributed by atoms with Crippen LogP contribution in [0.4, 0.5) is 4.79 Å². The summed E-state index contributed by atoms with van der Waals surface area (Å²) in [7, 11) is 0. The van der Waals surface area contributed by atoms with Gasteiger partial charge < -0.3 is 25.2 Å². The van der Waals surface area contributed by atoms with E-state index in [2.05, 4.69) is 34.9 Å². The molecule has 4 rings (SSSR count). The van der Waals surface area contributed by atoms with E-state index in [1.54, 1.807) is 0 Å². The summed E-state index contributed by atoms with van der Waals surface area (Å²) in [5.41, 5.74) is 4.69. The zero-order chi connectivity index (χ0) is 23.9. The number of thioether (sulfide) groups is 1. The number of hydrogen-bond acceptors (Lipinski definition) is 6. The fourth-order valence-electron chi connectivity index (χ4n) is 4.45. The lowest BCUT2D eigenvalue weighted by atomic mass is 9.98. The third-order valence-corrected chi connectivity index (χ3v) is 7.07. The molecular weight excluding hydrogens is 456 g/mol. The van der Waals surface area contributed by atoms with Gasteiger partial charge in [-0.1, -0.05) is 48.5 Å². The first-order chi connectivity index (χ1) is 16.5. The van der Waals surface area contributed by atoms with Gasteiger partial charge in [0.2, 0.25) is 5.91 Å². The number of nitrogens with one attached hydrogen (secondary N) is 2. The van der Waals surface area contributed by atoms with Gasteiger partial charge in [0.25, 0.3) is 0 Å². The molecule has 2 aliphatic rings. The molecule has 0 bridgehead atoms. The molecule has 2 atom stereocenters. The number of carboxylic acid groups (broad SMARTS) is 1. The van der Waals surface area contributed by atoms with E-state index in [4.69, 9.17) is 14.6 Å². The van der Waals surface area contributed by atoms with E-state index in [1.807, 2.05) is 24.3 Å². The predicted molar refractivity (Wildman–Crippen MR) is 129 cm³/mol. The van der Waals surface area contributed by atoms with Crippen molar-refractivity contribution < 1.29 is 29.0 Å². The summed E-state index contributed by atoms with van der Waals surface area (Å²) in [6, 6.07) is 16.4. The summed E-state index contributed by atoms with van der Waals surface area (Å²) in [6.45, 7) is 1.33. The average molecular weight is 485 g/mol. The van der Waals surface area contributed by atoms with Crippen LogP contribution in [-0.4, -0.2) is 67.0 Å². The van der Waals surface area contributed by atoms with Crippen LogP contribution < -0.4 is 10.6 Å². The maximum atomic E-state index is 12.2. The Morgan fingerprint density at radius 3 is 2.38 bits per heavy atom. The normalized spacial score (nSPS) is 18.7. The molecule has 1 saturated heterocycles. The van der Waals surface area contributed by atoms with Crippen molar-refractivity contribution in [2.24, 2.45) is 5.92 Å². The number of fused-ring (bicyclic) bond motifs is 3. The van der Waals surface area contributed by atoms with E-state index in [0.29, 0.717) is 25.3 Å². The molecule has 34 heavy (non-hydrogen) atoms. The molecule has 9 heteroatoms. The van der Waals surface area contributed by atoms with Gasteiger partial charge in [-0.3, -0.25) is 4.79 Å². The number of carbonyl (C=O) groups is 3. The molecule has 0 spiro atoms. The van der Waals surface area contributed by atoms with E-state index in [0.717, 1.165) is 11.1 Å². The molecule has 2 aromatic rings. The summed E-state index contributed by atoms with van der Waals surface area (Å²) in [4.78, 5) is 35.3. The zero-order valence-electron chi connectivity index (χ0n) is 18.7. The Morgan fingerprint density at radius 2 is 1.71 bits per heavy atom. The zero-order valence-corrected chi connectivity index (χ0v) is 19.5. The van der Waals surface area contributed by atoms with Crippen molar-refractivity contribution in [3.8, 4) is 11.1 Å². The number of aliphatic carboxylic acids is 1. The number of hydrogen-bond donors (Lipinski definition) is 3. The number of ether oxygens (including phenoxy) is 2. The highest BCUT2D eigenvalue weighted by Gasteiger charge is 2.34. The van der Waals surface area contributed by atoms with Gasteiger partial charge in [-0.2, -0.15) is 11.8 Å². The Labute approximate surface area is 202 Å². The SMILES string of the molecule is O=C(CSCCNC(=O)OCC1c2ccccc2-c2ccccc21)NCC1CCOC1C(=O)O. The third-order valence-electron chi connectivity index (χ3n) is 6.11. The molecule has 3 N–H and O–H groups in total. The number of alkyl carbamates (subject to hydrolysis) is 1. The Kier molecular flexibility index (Phi) is 8.08. The van der Waals surface area contributed by atoms with Gasteiger partial charge >= 0.3 is 12.1 Å². The van der Waals surface area contributed by atoms with Crippen LogP contribution in [0.25, 0.3) is 11.1 Å². The smallest absolute Gasteiger partial charge is 0.407 e. The van der Waals surface area contributed by atoms with Crippen LogP contribution in [0.5, 0.6) is 0 Å². The Bertz CT molecular complexity index is 1000. The van der Waals surface area contributed by atoms with Gasteiger partial charge in [-0.05, 0) is 28.7 Å². The van der Waals surface area contributed by atoms with E-state index >= 15 is 0 Å². The molecule has 2 amide bonds. The molecule has 2 aromatic carbocycles. The van der Waals surface area contributed by atoms with Gasteiger partial charge in [0, 0.05) is 37.3 Å². The second-order valence-corrected chi connectivity index (χ2v) is 9.39. The Balaban J connectivity index is 1.12. The Hall–Kier alpha value is -3.04. The lowest BCUT2D eigenvalue weighted by Gasteiger charge is -2.15. The topological polar surface area (TPSA) is 114 Å². The van der Waals surface area contributed by atoms with Gasteiger partial charge in [0.15, 0.2) is 6.10 Å². The van der Waals surface area contributed by atoms with Crippen LogP contribution in [0, 0.1) is 5.92 Å². The number of rotatable bonds is 10. The summed E-state index contributed by atoms with van der Waals surface area (Å²) in [5, 5.41) is 14.6. The van der Waals surface area contributed by atoms with Crippen molar-refractivity contribution in [3.63, 3.8) is 0 Å². The molecule has 0 aromatic heterocycles. The quantitative estimate of drug-likeness (QED) is 0.444. The number of carbonyl (C=O) groups excluding carboxylic acids is 2. The van der Waals surface area contributed by atoms with Crippen LogP contribution in [-0.2, 0) is 19.1 Å². The largest absolute Gasteiger partial charge is 0.479 e. The fourth-order valence-corrected chi connectivity index (χ4v) is 5.13. The minimum absolute atomic E-state index is 0.0159. The van der Waals surface area contributed by atoms with Crippen molar-refractivity contribution in [2.45, 2.75) is 18.4 Å². The van der Waals surface area contributed by atoms with Crippen LogP contribution in [0.2, 0.25) is 0 Å². The number of amides is 2. The second-order valence-electron chi connectivity index (χ2n) is 8.29. The van der Waals surface area contributed by atoms with E-state index in [-0.39, 0.29) is 36.6 Å². The van der Waals surface area contributed by atoms with Crippen LogP contribution in [0.1, 0.15) is 23.5 Å². The molecular formula is C25H28N2O6S. The first-order valence-electron chi connectivity index (χ1n) is 11.3. The van der Waals surface area contributed by atoms with Crippen molar-refractivity contribution >= 4 is 29.7 Å². The molecule has 1 fully saturated rings. The van der Waals surface area contributed by atoms with Crippen LogP contribution in [0.3, 0.4) is 0 Å². The lowest BCUT2D eigenvalue weighted by molar-refractivity contribution is -0.149. The van der Waals surface area contributed by atoms with Gasteiger partial charge in [-0.15, -0.1) is 0 Å². The maximum absolute atomic E-state index is 12.2. The fraction of sp³-hybridized carbons (Fsp3) is 0.400. The molecule has 8 nitrogen and oxygen atoms in total. The van der Waals surface area contributed by atoms with E-state index in [9.17, 15) is 14.4 Å². The van der Waals surface area contributed by atoms with Crippen LogP contribution in [0.15, 0.2) is 48.5 Å². The highest BCUT2D eigenvalue weighted by Crippen LogP contribution is 2.44. The minimum atomic E-state index is -0.995. The standard InChI is InChI=1S/C25H28N2O6S/c28-22(27-13-16-9-11-32-23(16)24(29)30)15-34-12-10-26-25(31)33-14-21-19-7-3-1-5-17(19)18-6-2-4-8-20(18)21/h1-8,16,21,23H,9-15H2,(H,26,31)(H,27,28)(H,29,30). The van der Waals surface area contributed by atoms with Gasteiger partial charge in [0.1, 0.15) is 6.61 Å². The van der Waals surface area contributed by atoms with Gasteiger partial charge in [-0.25, -0.2) is 9.59 Å². The Morgan fingerprint density at radius 1 is 1.03 bits per heavy atom. The molecule has 1 aliphatic heterocycles. The number of benzene rings is 2. The maximum Gasteiger partial charge on any atom is 0.407 e. The summed E-state index contributed by atoms with van der Waals surface area (Å²) >= 11 is 1.39. The summed E-state index contributed by atoms with van der Waals surface area (Å²) in [6.07, 6.45) is -0.712. The van der Waals surface area contributed by atoms with E-state index < -0.39 is 18.2 Å². The summed E-state index contributed by atoms with van der Waals surface area (Å²) in [5.74, 6) is -0.559. The lowest BCUT2D eigenvalue weighted by Crippen LogP contribution is -2.37. The number of carboxylic acids is 1. The van der Waals surface area contributed by atoms with Crippen molar-refractivity contribution in [1.82, 2.24) is 10.6 Å². The molecule has 180 valence electrons. The average Bonchev–Trinajstić information content (AvgIpc) is 3.44. The van der Waals surface area contributed by atoms with Crippen molar-refractivity contribution in [1.29, 1.82) is 0 Å². The minimum Gasteiger partial charge on any atom is -0.479 e. The highest BCUT2D eigenvalue weighted by molar-refractivity contribution is 7.99. The first kappa shape index (κ1) is 24.1. The molecule has 0 radical (unpaired) electrons. The predicted octanol–water partition coefficient (Wildman–Crippen LogP) is 2.86. The molecule has 2 unspecified atom stereocenters. The van der Waals surface area contributed by atoms with Gasteiger partial charge in [0.05, 0.1) is 5.75 Å². The molecule has 0 saturated carbocycles. The van der Waals surface area contributed by atoms with Crippen molar-refractivity contribution in [2.75, 3.05) is 37.8 Å². The molecule has 1 heterocycles. The first-order valence-corrected chi connectivity index (χ1v) is 12.5. The summed E-state index contributed by atoms with van der Waals surface area (Å²) < 4.78 is 10.7. The highest BCUT2D eigenvalue weighted by atomic mass is 32.2. The third kappa shape index (κ3) is 5.71. The van der Waals surface area contributed by atoms with Crippen LogP contribution >= 0.6 is 11.8 Å². The van der Waals surface area contributed by atoms with Crippen molar-refractivity contribution in [3.05, 3.63) is 59.7 Å². The molecule has 1 aliphatic carbocycles.